The molecule has 8 heteroatoms. The van der Waals surface area contributed by atoms with Gasteiger partial charge in [-0.05, 0) is 6.92 Å². The highest BCUT2D eigenvalue weighted by atomic mass is 32.2. The Morgan fingerprint density at radius 3 is 1.86 bits per heavy atom. The molecule has 0 bridgehead atoms. The van der Waals surface area contributed by atoms with E-state index in [1.54, 1.807) is 0 Å². The lowest BCUT2D eigenvalue weighted by Crippen LogP contribution is -2.35. The Hall–Kier alpha value is 0.280. The van der Waals surface area contributed by atoms with Crippen LogP contribution in [0.5, 0.6) is 0 Å². The summed E-state index contributed by atoms with van der Waals surface area (Å²) >= 11 is 0.244. The maximum absolute atomic E-state index is 12.3. The minimum absolute atomic E-state index is 0.0602. The third kappa shape index (κ3) is 2.26. The zero-order valence-corrected chi connectivity index (χ0v) is 8.50. The third-order valence-corrected chi connectivity index (χ3v) is 5.29. The lowest BCUT2D eigenvalue weighted by Gasteiger charge is -2.25. The summed E-state index contributed by atoms with van der Waals surface area (Å²) in [6.45, 7) is 0.786. The second kappa shape index (κ2) is 3.40. The van der Waals surface area contributed by atoms with Crippen LogP contribution in [0.2, 0.25) is 0 Å². The highest BCUT2D eigenvalue weighted by Gasteiger charge is 2.61. The standard InChI is InChI=1S/C6H6F6S2/c1-4(6(10,11)12)13-2-3(14-4)5(7,8)9/h3H,2H2,1H3. The average molecular weight is 256 g/mol. The maximum atomic E-state index is 12.3. The number of hydrogen-bond donors (Lipinski definition) is 0. The third-order valence-electron chi connectivity index (χ3n) is 1.76. The van der Waals surface area contributed by atoms with E-state index in [1.807, 2.05) is 0 Å². The smallest absolute Gasteiger partial charge is 0.170 e. The molecule has 1 aliphatic heterocycles. The summed E-state index contributed by atoms with van der Waals surface area (Å²) in [5.74, 6) is -0.538. The Morgan fingerprint density at radius 2 is 1.64 bits per heavy atom. The first-order valence-electron chi connectivity index (χ1n) is 3.51. The van der Waals surface area contributed by atoms with Gasteiger partial charge in [-0.3, -0.25) is 0 Å². The summed E-state index contributed by atoms with van der Waals surface area (Å²) in [6.07, 6.45) is -9.16. The number of thioether (sulfide) groups is 2. The molecule has 0 aliphatic carbocycles. The van der Waals surface area contributed by atoms with E-state index in [0.29, 0.717) is 11.8 Å². The number of hydrogen-bond acceptors (Lipinski definition) is 2. The van der Waals surface area contributed by atoms with Gasteiger partial charge in [-0.2, -0.15) is 26.3 Å². The van der Waals surface area contributed by atoms with Gasteiger partial charge in [0.25, 0.3) is 0 Å². The minimum Gasteiger partial charge on any atom is -0.170 e. The molecule has 14 heavy (non-hydrogen) atoms. The summed E-state index contributed by atoms with van der Waals surface area (Å²) in [5.41, 5.74) is 0. The Morgan fingerprint density at radius 1 is 1.14 bits per heavy atom. The van der Waals surface area contributed by atoms with Crippen LogP contribution in [-0.2, 0) is 0 Å². The van der Waals surface area contributed by atoms with Gasteiger partial charge in [0.1, 0.15) is 5.25 Å². The molecule has 1 aliphatic rings. The molecule has 0 radical (unpaired) electrons. The van der Waals surface area contributed by atoms with Crippen molar-refractivity contribution in [2.45, 2.75) is 28.6 Å². The van der Waals surface area contributed by atoms with Gasteiger partial charge in [-0.1, -0.05) is 0 Å². The van der Waals surface area contributed by atoms with Crippen molar-refractivity contribution >= 4 is 23.5 Å². The molecule has 0 N–H and O–H groups in total. The molecular weight excluding hydrogens is 250 g/mol. The zero-order valence-electron chi connectivity index (χ0n) is 6.87. The quantitative estimate of drug-likeness (QED) is 0.606. The molecular formula is C6H6F6S2. The molecule has 0 aromatic heterocycles. The Balaban J connectivity index is 2.75. The fourth-order valence-electron chi connectivity index (χ4n) is 0.884. The number of halogens is 6. The fraction of sp³-hybridized carbons (Fsp3) is 1.00. The lowest BCUT2D eigenvalue weighted by atomic mass is 10.4. The van der Waals surface area contributed by atoms with Crippen LogP contribution in [-0.4, -0.2) is 27.4 Å². The van der Waals surface area contributed by atoms with Gasteiger partial charge in [0, 0.05) is 5.75 Å². The van der Waals surface area contributed by atoms with E-state index in [1.165, 1.54) is 0 Å². The SMILES string of the molecule is CC1(C(F)(F)F)SCC(C(F)(F)F)S1. The molecule has 0 nitrogen and oxygen atoms in total. The van der Waals surface area contributed by atoms with Crippen LogP contribution >= 0.6 is 23.5 Å². The molecule has 0 saturated carbocycles. The minimum atomic E-state index is -4.61. The largest absolute Gasteiger partial charge is 0.411 e. The second-order valence-electron chi connectivity index (χ2n) is 2.90. The molecule has 0 spiro atoms. The van der Waals surface area contributed by atoms with E-state index in [9.17, 15) is 26.3 Å². The highest BCUT2D eigenvalue weighted by Crippen LogP contribution is 2.59. The molecule has 0 aromatic rings. The van der Waals surface area contributed by atoms with E-state index in [-0.39, 0.29) is 11.8 Å². The summed E-state index contributed by atoms with van der Waals surface area (Å²) in [6, 6.07) is 0. The van der Waals surface area contributed by atoms with Gasteiger partial charge < -0.3 is 0 Å². The first-order valence-corrected chi connectivity index (χ1v) is 5.38. The summed E-state index contributed by atoms with van der Waals surface area (Å²) < 4.78 is 70.8. The van der Waals surface area contributed by atoms with Crippen molar-refractivity contribution in [3.8, 4) is 0 Å². The van der Waals surface area contributed by atoms with Crippen LogP contribution in [0, 0.1) is 0 Å². The van der Waals surface area contributed by atoms with Crippen LogP contribution in [0.3, 0.4) is 0 Å². The predicted molar refractivity (Wildman–Crippen MR) is 44.4 cm³/mol. The van der Waals surface area contributed by atoms with Crippen molar-refractivity contribution in [3.63, 3.8) is 0 Å². The monoisotopic (exact) mass is 256 g/mol. The van der Waals surface area contributed by atoms with Gasteiger partial charge in [0.2, 0.25) is 0 Å². The molecule has 0 amide bonds. The zero-order chi connectivity index (χ0) is 11.2. The molecule has 0 aromatic carbocycles. The van der Waals surface area contributed by atoms with E-state index in [2.05, 4.69) is 0 Å². The van der Waals surface area contributed by atoms with E-state index in [0.717, 1.165) is 6.92 Å². The van der Waals surface area contributed by atoms with Crippen molar-refractivity contribution < 1.29 is 26.3 Å². The van der Waals surface area contributed by atoms with E-state index < -0.39 is 27.4 Å². The topological polar surface area (TPSA) is 0 Å². The van der Waals surface area contributed by atoms with E-state index in [4.69, 9.17) is 0 Å². The molecule has 84 valence electrons. The highest BCUT2D eigenvalue weighted by molar-refractivity contribution is 8.21. The van der Waals surface area contributed by atoms with Gasteiger partial charge in [-0.15, -0.1) is 23.5 Å². The first kappa shape index (κ1) is 12.4. The summed E-state index contributed by atoms with van der Waals surface area (Å²) in [5, 5.41) is -1.92. The fourth-order valence-corrected chi connectivity index (χ4v) is 3.82. The second-order valence-corrected chi connectivity index (χ2v) is 6.22. The normalized spacial score (nSPS) is 34.9. The average Bonchev–Trinajstić information content (AvgIpc) is 2.29. The number of alkyl halides is 6. The van der Waals surface area contributed by atoms with Gasteiger partial charge in [0.05, 0.1) is 0 Å². The van der Waals surface area contributed by atoms with Gasteiger partial charge in [-0.25, -0.2) is 0 Å². The first-order chi connectivity index (χ1) is 6.06. The molecule has 2 atom stereocenters. The van der Waals surface area contributed by atoms with Crippen LogP contribution in [0.25, 0.3) is 0 Å². The Labute approximate surface area is 84.8 Å². The summed E-state index contributed by atoms with van der Waals surface area (Å²) in [7, 11) is 0. The van der Waals surface area contributed by atoms with Crippen molar-refractivity contribution in [2.75, 3.05) is 5.75 Å². The van der Waals surface area contributed by atoms with E-state index >= 15 is 0 Å². The van der Waals surface area contributed by atoms with Crippen LogP contribution in [0.4, 0.5) is 26.3 Å². The maximum Gasteiger partial charge on any atom is 0.411 e. The molecule has 1 saturated heterocycles. The number of rotatable bonds is 0. The van der Waals surface area contributed by atoms with Crippen molar-refractivity contribution in [1.82, 2.24) is 0 Å². The predicted octanol–water partition coefficient (Wildman–Crippen LogP) is 3.68. The van der Waals surface area contributed by atoms with Crippen LogP contribution in [0.1, 0.15) is 6.92 Å². The van der Waals surface area contributed by atoms with Crippen LogP contribution in [0.15, 0.2) is 0 Å². The van der Waals surface area contributed by atoms with Gasteiger partial charge in [0.15, 0.2) is 4.08 Å². The van der Waals surface area contributed by atoms with Crippen molar-refractivity contribution in [1.29, 1.82) is 0 Å². The van der Waals surface area contributed by atoms with Crippen LogP contribution < -0.4 is 0 Å². The van der Waals surface area contributed by atoms with Crippen molar-refractivity contribution in [3.05, 3.63) is 0 Å². The lowest BCUT2D eigenvalue weighted by molar-refractivity contribution is -0.134. The molecule has 1 fully saturated rings. The Kier molecular flexibility index (Phi) is 3.00. The molecule has 2 unspecified atom stereocenters. The van der Waals surface area contributed by atoms with Gasteiger partial charge >= 0.3 is 12.4 Å². The molecule has 1 heterocycles. The molecule has 1 rings (SSSR count). The summed E-state index contributed by atoms with van der Waals surface area (Å²) in [4.78, 5) is 0. The Bertz CT molecular complexity index is 221. The van der Waals surface area contributed by atoms with Crippen molar-refractivity contribution in [2.24, 2.45) is 0 Å².